The van der Waals surface area contributed by atoms with E-state index in [1.807, 2.05) is 0 Å². The Kier molecular flexibility index (Phi) is 6.79. The van der Waals surface area contributed by atoms with Crippen LogP contribution in [0.2, 0.25) is 0 Å². The Bertz CT molecular complexity index is 258. The average molecular weight is 282 g/mol. The molecule has 2 rings (SSSR count). The predicted molar refractivity (Wildman–Crippen MR) is 85.0 cm³/mol. The van der Waals surface area contributed by atoms with Crippen LogP contribution in [0.25, 0.3) is 0 Å². The summed E-state index contributed by atoms with van der Waals surface area (Å²) in [5.41, 5.74) is -0.409. The van der Waals surface area contributed by atoms with Crippen LogP contribution in [-0.4, -0.2) is 48.3 Å². The maximum absolute atomic E-state index is 10.4. The third kappa shape index (κ3) is 5.34. The van der Waals surface area contributed by atoms with Gasteiger partial charge in [-0.25, -0.2) is 0 Å². The molecule has 118 valence electrons. The van der Waals surface area contributed by atoms with Crippen LogP contribution in [0.1, 0.15) is 70.6 Å². The molecular weight excluding hydrogens is 248 g/mol. The molecule has 0 unspecified atom stereocenters. The molecule has 2 aliphatic rings. The van der Waals surface area contributed by atoms with Crippen molar-refractivity contribution < 1.29 is 5.11 Å². The molecular formula is C17H34N2O. The zero-order valence-electron chi connectivity index (χ0n) is 13.4. The molecule has 0 heterocycles. The van der Waals surface area contributed by atoms with Crippen molar-refractivity contribution in [3.8, 4) is 0 Å². The summed E-state index contributed by atoms with van der Waals surface area (Å²) in [5, 5.41) is 13.9. The van der Waals surface area contributed by atoms with E-state index in [0.717, 1.165) is 32.0 Å². The standard InChI is InChI=1S/C17H34N2O/c1-19(16-9-4-2-5-10-16)14-8-13-18-15-17(20)11-6-3-7-12-17/h16,18,20H,2-15H2,1H3. The summed E-state index contributed by atoms with van der Waals surface area (Å²) in [6.07, 6.45) is 13.9. The average Bonchev–Trinajstić information content (AvgIpc) is 2.48. The van der Waals surface area contributed by atoms with Gasteiger partial charge in [0.1, 0.15) is 0 Å². The van der Waals surface area contributed by atoms with E-state index in [0.29, 0.717) is 0 Å². The predicted octanol–water partition coefficient (Wildman–Crippen LogP) is 2.93. The first-order valence-corrected chi connectivity index (χ1v) is 8.83. The molecule has 20 heavy (non-hydrogen) atoms. The molecule has 0 aromatic rings. The quantitative estimate of drug-likeness (QED) is 0.705. The van der Waals surface area contributed by atoms with Crippen LogP contribution in [0.4, 0.5) is 0 Å². The SMILES string of the molecule is CN(CCCNCC1(O)CCCCC1)C1CCCCC1. The second kappa shape index (κ2) is 8.35. The maximum atomic E-state index is 10.4. The Balaban J connectivity index is 1.52. The van der Waals surface area contributed by atoms with Gasteiger partial charge in [-0.05, 0) is 52.2 Å². The van der Waals surface area contributed by atoms with Crippen molar-refractivity contribution in [3.63, 3.8) is 0 Å². The topological polar surface area (TPSA) is 35.5 Å². The lowest BCUT2D eigenvalue weighted by molar-refractivity contribution is 0.00490. The van der Waals surface area contributed by atoms with Crippen molar-refractivity contribution in [2.75, 3.05) is 26.7 Å². The molecule has 0 bridgehead atoms. The first-order valence-electron chi connectivity index (χ1n) is 8.83. The Morgan fingerprint density at radius 3 is 2.40 bits per heavy atom. The van der Waals surface area contributed by atoms with E-state index in [4.69, 9.17) is 0 Å². The van der Waals surface area contributed by atoms with Crippen LogP contribution in [-0.2, 0) is 0 Å². The zero-order chi connectivity index (χ0) is 14.3. The lowest BCUT2D eigenvalue weighted by Crippen LogP contribution is -2.43. The maximum Gasteiger partial charge on any atom is 0.0771 e. The monoisotopic (exact) mass is 282 g/mol. The van der Waals surface area contributed by atoms with Crippen LogP contribution in [0, 0.1) is 0 Å². The Labute approximate surface area is 125 Å². The molecule has 3 nitrogen and oxygen atoms in total. The van der Waals surface area contributed by atoms with Crippen molar-refractivity contribution in [3.05, 3.63) is 0 Å². The molecule has 0 aromatic carbocycles. The van der Waals surface area contributed by atoms with Crippen molar-refractivity contribution in [1.82, 2.24) is 10.2 Å². The van der Waals surface area contributed by atoms with Gasteiger partial charge in [0.2, 0.25) is 0 Å². The highest BCUT2D eigenvalue weighted by molar-refractivity contribution is 4.84. The highest BCUT2D eigenvalue weighted by Crippen LogP contribution is 2.27. The molecule has 2 aliphatic carbocycles. The van der Waals surface area contributed by atoms with Gasteiger partial charge in [0.25, 0.3) is 0 Å². The summed E-state index contributed by atoms with van der Waals surface area (Å²) in [4.78, 5) is 2.55. The zero-order valence-corrected chi connectivity index (χ0v) is 13.4. The van der Waals surface area contributed by atoms with Gasteiger partial charge in [-0.3, -0.25) is 0 Å². The summed E-state index contributed by atoms with van der Waals surface area (Å²) in [6.45, 7) is 3.02. The molecule has 0 radical (unpaired) electrons. The molecule has 0 aliphatic heterocycles. The third-order valence-corrected chi connectivity index (χ3v) is 5.30. The number of aliphatic hydroxyl groups is 1. The van der Waals surface area contributed by atoms with Crippen LogP contribution >= 0.6 is 0 Å². The van der Waals surface area contributed by atoms with Gasteiger partial charge < -0.3 is 15.3 Å². The van der Waals surface area contributed by atoms with Gasteiger partial charge >= 0.3 is 0 Å². The van der Waals surface area contributed by atoms with Crippen molar-refractivity contribution in [1.29, 1.82) is 0 Å². The highest BCUT2D eigenvalue weighted by Gasteiger charge is 2.28. The molecule has 0 atom stereocenters. The van der Waals surface area contributed by atoms with Crippen molar-refractivity contribution in [2.24, 2.45) is 0 Å². The molecule has 2 saturated carbocycles. The van der Waals surface area contributed by atoms with Gasteiger partial charge in [-0.2, -0.15) is 0 Å². The number of nitrogens with one attached hydrogen (secondary N) is 1. The number of nitrogens with zero attached hydrogens (tertiary/aromatic N) is 1. The summed E-state index contributed by atoms with van der Waals surface area (Å²) in [6, 6.07) is 0.825. The molecule has 2 fully saturated rings. The second-order valence-corrected chi connectivity index (χ2v) is 7.09. The van der Waals surface area contributed by atoms with E-state index in [1.54, 1.807) is 0 Å². The van der Waals surface area contributed by atoms with Gasteiger partial charge in [-0.15, -0.1) is 0 Å². The first kappa shape index (κ1) is 16.3. The Morgan fingerprint density at radius 1 is 1.05 bits per heavy atom. The van der Waals surface area contributed by atoms with Crippen molar-refractivity contribution in [2.45, 2.75) is 82.3 Å². The van der Waals surface area contributed by atoms with Gasteiger partial charge in [0.05, 0.1) is 5.60 Å². The first-order chi connectivity index (χ1) is 9.70. The van der Waals surface area contributed by atoms with E-state index < -0.39 is 5.60 Å². The van der Waals surface area contributed by atoms with Crippen LogP contribution < -0.4 is 5.32 Å². The molecule has 3 heteroatoms. The summed E-state index contributed by atoms with van der Waals surface area (Å²) in [5.74, 6) is 0. The van der Waals surface area contributed by atoms with Gasteiger partial charge in [0, 0.05) is 12.6 Å². The number of hydrogen-bond acceptors (Lipinski definition) is 3. The normalized spacial score (nSPS) is 24.1. The minimum atomic E-state index is -0.409. The van der Waals surface area contributed by atoms with E-state index in [-0.39, 0.29) is 0 Å². The molecule has 0 aromatic heterocycles. The molecule has 0 spiro atoms. The smallest absolute Gasteiger partial charge is 0.0771 e. The largest absolute Gasteiger partial charge is 0.389 e. The van der Waals surface area contributed by atoms with Crippen molar-refractivity contribution >= 4 is 0 Å². The Morgan fingerprint density at radius 2 is 1.70 bits per heavy atom. The summed E-state index contributed by atoms with van der Waals surface area (Å²) >= 11 is 0. The molecule has 0 saturated heterocycles. The number of rotatable bonds is 7. The molecule has 2 N–H and O–H groups in total. The minimum Gasteiger partial charge on any atom is -0.389 e. The fourth-order valence-electron chi connectivity index (χ4n) is 3.87. The molecule has 0 amide bonds. The second-order valence-electron chi connectivity index (χ2n) is 7.09. The van der Waals surface area contributed by atoms with Crippen LogP contribution in [0.15, 0.2) is 0 Å². The van der Waals surface area contributed by atoms with E-state index in [9.17, 15) is 5.11 Å². The lowest BCUT2D eigenvalue weighted by Gasteiger charge is -2.33. The fourth-order valence-corrected chi connectivity index (χ4v) is 3.87. The van der Waals surface area contributed by atoms with E-state index in [2.05, 4.69) is 17.3 Å². The highest BCUT2D eigenvalue weighted by atomic mass is 16.3. The van der Waals surface area contributed by atoms with E-state index in [1.165, 1.54) is 64.3 Å². The van der Waals surface area contributed by atoms with Crippen LogP contribution in [0.3, 0.4) is 0 Å². The van der Waals surface area contributed by atoms with Gasteiger partial charge in [0.15, 0.2) is 0 Å². The third-order valence-electron chi connectivity index (χ3n) is 5.30. The Hall–Kier alpha value is -0.120. The van der Waals surface area contributed by atoms with E-state index >= 15 is 0 Å². The fraction of sp³-hybridized carbons (Fsp3) is 1.00. The number of hydrogen-bond donors (Lipinski definition) is 2. The summed E-state index contributed by atoms with van der Waals surface area (Å²) < 4.78 is 0. The lowest BCUT2D eigenvalue weighted by atomic mass is 9.85. The van der Waals surface area contributed by atoms with Crippen LogP contribution in [0.5, 0.6) is 0 Å². The minimum absolute atomic E-state index is 0.409. The van der Waals surface area contributed by atoms with Gasteiger partial charge in [-0.1, -0.05) is 38.5 Å². The summed E-state index contributed by atoms with van der Waals surface area (Å²) in [7, 11) is 2.28.